The van der Waals surface area contributed by atoms with Crippen LogP contribution in [0.4, 0.5) is 4.39 Å². The van der Waals surface area contributed by atoms with Gasteiger partial charge in [-0.05, 0) is 57.9 Å². The SMILES string of the molecule is N#Cc1cc(Cl)cc(Oc2c(Br)ccc(Cc3n[nH]c4c3ccc[n+]4[O-])c2F)c1. The first-order valence-corrected chi connectivity index (χ1v) is 9.54. The number of fused-ring (bicyclic) bond motifs is 1. The molecule has 0 saturated carbocycles. The summed E-state index contributed by atoms with van der Waals surface area (Å²) in [6, 6.07) is 13.0. The number of H-pyrrole nitrogens is 1. The van der Waals surface area contributed by atoms with Crippen LogP contribution in [0.3, 0.4) is 0 Å². The number of nitrogens with one attached hydrogen (secondary N) is 1. The van der Waals surface area contributed by atoms with Gasteiger partial charge in [0.1, 0.15) is 11.4 Å². The highest BCUT2D eigenvalue weighted by atomic mass is 79.9. The van der Waals surface area contributed by atoms with Crippen LogP contribution in [0.5, 0.6) is 11.5 Å². The lowest BCUT2D eigenvalue weighted by atomic mass is 10.1. The van der Waals surface area contributed by atoms with Crippen molar-refractivity contribution in [1.29, 1.82) is 5.26 Å². The van der Waals surface area contributed by atoms with Crippen molar-refractivity contribution in [3.8, 4) is 17.6 Å². The molecule has 4 aromatic rings. The van der Waals surface area contributed by atoms with Crippen molar-refractivity contribution in [2.75, 3.05) is 0 Å². The number of rotatable bonds is 4. The number of hydrogen-bond acceptors (Lipinski definition) is 4. The molecule has 1 N–H and O–H groups in total. The Hall–Kier alpha value is -3.15. The van der Waals surface area contributed by atoms with Gasteiger partial charge in [0.25, 0.3) is 0 Å². The van der Waals surface area contributed by atoms with Crippen LogP contribution in [0.2, 0.25) is 5.02 Å². The maximum absolute atomic E-state index is 15.2. The predicted octanol–water partition coefficient (Wildman–Crippen LogP) is 5.01. The van der Waals surface area contributed by atoms with Gasteiger partial charge in [0.2, 0.25) is 0 Å². The van der Waals surface area contributed by atoms with Crippen LogP contribution in [0.25, 0.3) is 11.0 Å². The lowest BCUT2D eigenvalue weighted by Gasteiger charge is -2.12. The molecule has 2 aromatic heterocycles. The number of aromatic amines is 1. The predicted molar refractivity (Wildman–Crippen MR) is 108 cm³/mol. The minimum absolute atomic E-state index is 0.0348. The van der Waals surface area contributed by atoms with Gasteiger partial charge in [-0.1, -0.05) is 22.8 Å². The molecule has 0 aliphatic heterocycles. The van der Waals surface area contributed by atoms with Crippen molar-refractivity contribution >= 4 is 38.6 Å². The summed E-state index contributed by atoms with van der Waals surface area (Å²) >= 11 is 9.28. The number of aromatic nitrogens is 3. The fraction of sp³-hybridized carbons (Fsp3) is 0.0500. The molecular formula is C20H11BrClFN4O2. The summed E-state index contributed by atoms with van der Waals surface area (Å²) in [6.07, 6.45) is 1.51. The molecule has 144 valence electrons. The van der Waals surface area contributed by atoms with E-state index < -0.39 is 5.82 Å². The monoisotopic (exact) mass is 472 g/mol. The highest BCUT2D eigenvalue weighted by Gasteiger charge is 2.19. The Kier molecular flexibility index (Phi) is 5.09. The Morgan fingerprint density at radius 1 is 1.31 bits per heavy atom. The first-order chi connectivity index (χ1) is 14.0. The van der Waals surface area contributed by atoms with Crippen LogP contribution in [-0.2, 0) is 6.42 Å². The third-order valence-corrected chi connectivity index (χ3v) is 5.12. The number of pyridine rings is 1. The van der Waals surface area contributed by atoms with Crippen molar-refractivity contribution in [3.63, 3.8) is 0 Å². The van der Waals surface area contributed by atoms with Gasteiger partial charge in [-0.2, -0.15) is 5.26 Å². The van der Waals surface area contributed by atoms with Crippen molar-refractivity contribution in [2.24, 2.45) is 0 Å². The summed E-state index contributed by atoms with van der Waals surface area (Å²) in [5, 5.41) is 28.6. The summed E-state index contributed by atoms with van der Waals surface area (Å²) in [5.74, 6) is -0.379. The first-order valence-electron chi connectivity index (χ1n) is 8.37. The third kappa shape index (κ3) is 3.75. The number of halogens is 3. The van der Waals surface area contributed by atoms with E-state index in [0.717, 1.165) is 0 Å². The topological polar surface area (TPSA) is 88.6 Å². The van der Waals surface area contributed by atoms with Crippen LogP contribution < -0.4 is 9.47 Å². The van der Waals surface area contributed by atoms with Crippen molar-refractivity contribution in [1.82, 2.24) is 10.2 Å². The Balaban J connectivity index is 1.71. The van der Waals surface area contributed by atoms with E-state index in [0.29, 0.717) is 42.1 Å². The van der Waals surface area contributed by atoms with Crippen LogP contribution in [0.15, 0.2) is 53.1 Å². The lowest BCUT2D eigenvalue weighted by Crippen LogP contribution is -2.25. The molecule has 0 aliphatic carbocycles. The Bertz CT molecular complexity index is 1290. The molecular weight excluding hydrogens is 463 g/mol. The molecule has 4 rings (SSSR count). The second-order valence-corrected chi connectivity index (χ2v) is 7.47. The molecule has 0 amide bonds. The minimum Gasteiger partial charge on any atom is -0.711 e. The van der Waals surface area contributed by atoms with Gasteiger partial charge in [-0.15, -0.1) is 5.10 Å². The van der Waals surface area contributed by atoms with E-state index in [1.54, 1.807) is 24.3 Å². The number of nitriles is 1. The molecule has 0 aliphatic rings. The quantitative estimate of drug-likeness (QED) is 0.333. The highest BCUT2D eigenvalue weighted by molar-refractivity contribution is 9.10. The number of benzene rings is 2. The number of hydrogen-bond donors (Lipinski definition) is 1. The van der Waals surface area contributed by atoms with E-state index in [1.165, 1.54) is 24.4 Å². The van der Waals surface area contributed by atoms with Gasteiger partial charge >= 0.3 is 5.65 Å². The van der Waals surface area contributed by atoms with E-state index in [4.69, 9.17) is 21.6 Å². The maximum Gasteiger partial charge on any atom is 0.312 e. The van der Waals surface area contributed by atoms with E-state index in [9.17, 15) is 5.21 Å². The van der Waals surface area contributed by atoms with E-state index in [2.05, 4.69) is 26.1 Å². The lowest BCUT2D eigenvalue weighted by molar-refractivity contribution is -0.579. The highest BCUT2D eigenvalue weighted by Crippen LogP contribution is 2.36. The minimum atomic E-state index is -0.583. The summed E-state index contributed by atoms with van der Waals surface area (Å²) in [7, 11) is 0. The van der Waals surface area contributed by atoms with Crippen molar-refractivity contribution in [3.05, 3.63) is 86.0 Å². The molecule has 9 heteroatoms. The maximum atomic E-state index is 15.2. The molecule has 0 atom stereocenters. The molecule has 0 radical (unpaired) electrons. The number of nitrogens with zero attached hydrogens (tertiary/aromatic N) is 3. The smallest absolute Gasteiger partial charge is 0.312 e. The third-order valence-electron chi connectivity index (χ3n) is 4.27. The molecule has 0 bridgehead atoms. The molecule has 0 fully saturated rings. The summed E-state index contributed by atoms with van der Waals surface area (Å²) in [4.78, 5) is 0. The molecule has 0 spiro atoms. The van der Waals surface area contributed by atoms with Gasteiger partial charge in [-0.3, -0.25) is 0 Å². The second kappa shape index (κ2) is 7.70. The fourth-order valence-corrected chi connectivity index (χ4v) is 3.55. The van der Waals surface area contributed by atoms with Crippen molar-refractivity contribution in [2.45, 2.75) is 6.42 Å². The van der Waals surface area contributed by atoms with Crippen LogP contribution >= 0.6 is 27.5 Å². The fourth-order valence-electron chi connectivity index (χ4n) is 2.94. The van der Waals surface area contributed by atoms with Gasteiger partial charge in [0.15, 0.2) is 11.6 Å². The van der Waals surface area contributed by atoms with Crippen LogP contribution in [0, 0.1) is 22.4 Å². The standard InChI is InChI=1S/C20H11BrClFN4O2/c21-16-4-3-12(8-17-15-2-1-5-27(28)20(15)26-25-17)18(23)19(16)29-14-7-11(10-24)6-13(22)9-14/h1-7,9H,8H2,(H,25,26). The van der Waals surface area contributed by atoms with Crippen LogP contribution in [0.1, 0.15) is 16.8 Å². The molecule has 29 heavy (non-hydrogen) atoms. The van der Waals surface area contributed by atoms with Gasteiger partial charge in [-0.25, -0.2) is 9.12 Å². The average molecular weight is 474 g/mol. The largest absolute Gasteiger partial charge is 0.711 e. The second-order valence-electron chi connectivity index (χ2n) is 6.18. The van der Waals surface area contributed by atoms with Gasteiger partial charge in [0.05, 0.1) is 27.7 Å². The molecule has 2 heterocycles. The summed E-state index contributed by atoms with van der Waals surface area (Å²) < 4.78 is 22.0. The van der Waals surface area contributed by atoms with Crippen LogP contribution in [-0.4, -0.2) is 10.2 Å². The summed E-state index contributed by atoms with van der Waals surface area (Å²) in [5.41, 5.74) is 1.47. The Labute approximate surface area is 177 Å². The molecule has 2 aromatic carbocycles. The molecule has 6 nitrogen and oxygen atoms in total. The molecule has 0 unspecified atom stereocenters. The first kappa shape index (κ1) is 19.2. The van der Waals surface area contributed by atoms with E-state index >= 15 is 4.39 Å². The van der Waals surface area contributed by atoms with Gasteiger partial charge in [0, 0.05) is 11.4 Å². The summed E-state index contributed by atoms with van der Waals surface area (Å²) in [6.45, 7) is 0. The normalized spacial score (nSPS) is 10.8. The van der Waals surface area contributed by atoms with E-state index in [1.807, 2.05) is 6.07 Å². The van der Waals surface area contributed by atoms with Gasteiger partial charge < -0.3 is 9.94 Å². The zero-order valence-corrected chi connectivity index (χ0v) is 17.0. The molecule has 0 saturated heterocycles. The number of ether oxygens (including phenoxy) is 1. The van der Waals surface area contributed by atoms with Crippen molar-refractivity contribution < 1.29 is 13.9 Å². The average Bonchev–Trinajstić information content (AvgIpc) is 3.11. The Morgan fingerprint density at radius 2 is 2.14 bits per heavy atom. The Morgan fingerprint density at radius 3 is 2.93 bits per heavy atom. The zero-order valence-electron chi connectivity index (χ0n) is 14.6. The zero-order chi connectivity index (χ0) is 20.5. The van der Waals surface area contributed by atoms with E-state index in [-0.39, 0.29) is 17.9 Å².